The molecule has 2 aromatic carbocycles. The molecule has 0 unspecified atom stereocenters. The number of carbonyl (C=O) groups is 1. The molecule has 0 aliphatic carbocycles. The lowest BCUT2D eigenvalue weighted by Gasteiger charge is -2.36. The third-order valence-electron chi connectivity index (χ3n) is 4.28. The Kier molecular flexibility index (Phi) is 5.54. The van der Waals surface area contributed by atoms with Gasteiger partial charge in [0.2, 0.25) is 0 Å². The van der Waals surface area contributed by atoms with Gasteiger partial charge in [-0.25, -0.2) is 0 Å². The minimum absolute atomic E-state index is 0.264. The molecule has 23 heavy (non-hydrogen) atoms. The fourth-order valence-electron chi connectivity index (χ4n) is 3.17. The zero-order chi connectivity index (χ0) is 16.7. The van der Waals surface area contributed by atoms with Crippen LogP contribution in [0.3, 0.4) is 0 Å². The Hall–Kier alpha value is -2.60. The molecule has 0 spiro atoms. The lowest BCUT2D eigenvalue weighted by Crippen LogP contribution is -2.40. The van der Waals surface area contributed by atoms with E-state index in [4.69, 9.17) is 4.74 Å². The first kappa shape index (κ1) is 16.8. The molecule has 0 saturated heterocycles. The zero-order valence-corrected chi connectivity index (χ0v) is 13.5. The number of nitriles is 1. The summed E-state index contributed by atoms with van der Waals surface area (Å²) in [5.74, 6) is -1.36. The van der Waals surface area contributed by atoms with Gasteiger partial charge in [0.1, 0.15) is 0 Å². The molecule has 0 saturated carbocycles. The highest BCUT2D eigenvalue weighted by Gasteiger charge is 2.45. The number of hydrogen-bond acceptors (Lipinski definition) is 3. The maximum Gasteiger partial charge on any atom is 0.324 e. The third kappa shape index (κ3) is 3.12. The van der Waals surface area contributed by atoms with Crippen LogP contribution in [0.5, 0.6) is 0 Å². The van der Waals surface area contributed by atoms with Crippen LogP contribution in [0.25, 0.3) is 0 Å². The summed E-state index contributed by atoms with van der Waals surface area (Å²) in [6.45, 7) is 4.02. The van der Waals surface area contributed by atoms with E-state index in [1.165, 1.54) is 0 Å². The lowest BCUT2D eigenvalue weighted by molar-refractivity contribution is -0.147. The van der Waals surface area contributed by atoms with Crippen LogP contribution >= 0.6 is 0 Å². The second kappa shape index (κ2) is 7.60. The van der Waals surface area contributed by atoms with Crippen molar-refractivity contribution in [3.8, 4) is 6.07 Å². The van der Waals surface area contributed by atoms with Crippen LogP contribution in [-0.4, -0.2) is 12.6 Å². The predicted molar refractivity (Wildman–Crippen MR) is 89.7 cm³/mol. The average Bonchev–Trinajstić information content (AvgIpc) is 2.61. The molecule has 3 nitrogen and oxygen atoms in total. The van der Waals surface area contributed by atoms with Crippen LogP contribution in [0, 0.1) is 17.2 Å². The van der Waals surface area contributed by atoms with Gasteiger partial charge in [0.15, 0.2) is 5.92 Å². The number of carbonyl (C=O) groups excluding carboxylic acids is 1. The van der Waals surface area contributed by atoms with E-state index in [0.29, 0.717) is 6.42 Å². The minimum atomic E-state index is -0.891. The molecule has 0 heterocycles. The Balaban J connectivity index is 2.68. The topological polar surface area (TPSA) is 50.1 Å². The highest BCUT2D eigenvalue weighted by Crippen LogP contribution is 2.42. The number of hydrogen-bond donors (Lipinski definition) is 0. The Morgan fingerprint density at radius 2 is 1.52 bits per heavy atom. The number of rotatable bonds is 6. The quantitative estimate of drug-likeness (QED) is 0.755. The van der Waals surface area contributed by atoms with Crippen molar-refractivity contribution in [2.75, 3.05) is 6.61 Å². The summed E-state index contributed by atoms with van der Waals surface area (Å²) >= 11 is 0. The van der Waals surface area contributed by atoms with Crippen molar-refractivity contribution in [2.45, 2.75) is 25.7 Å². The van der Waals surface area contributed by atoms with Gasteiger partial charge in [-0.15, -0.1) is 0 Å². The van der Waals surface area contributed by atoms with E-state index >= 15 is 0 Å². The molecule has 3 heteroatoms. The van der Waals surface area contributed by atoms with Gasteiger partial charge in [-0.2, -0.15) is 5.26 Å². The summed E-state index contributed by atoms with van der Waals surface area (Å²) < 4.78 is 5.18. The normalized spacial score (nSPS) is 12.2. The first-order chi connectivity index (χ1) is 11.2. The Labute approximate surface area is 137 Å². The van der Waals surface area contributed by atoms with Crippen molar-refractivity contribution < 1.29 is 9.53 Å². The van der Waals surface area contributed by atoms with Crippen LogP contribution < -0.4 is 0 Å². The van der Waals surface area contributed by atoms with E-state index in [1.54, 1.807) is 6.92 Å². The molecule has 0 fully saturated rings. The largest absolute Gasteiger partial charge is 0.465 e. The highest BCUT2D eigenvalue weighted by atomic mass is 16.5. The fraction of sp³-hybridized carbons (Fsp3) is 0.300. The van der Waals surface area contributed by atoms with Gasteiger partial charge < -0.3 is 4.74 Å². The second-order valence-electron chi connectivity index (χ2n) is 5.37. The predicted octanol–water partition coefficient (Wildman–Crippen LogP) is 4.09. The Bertz CT molecular complexity index is 634. The number of benzene rings is 2. The molecule has 0 aliphatic rings. The van der Waals surface area contributed by atoms with Crippen LogP contribution in [0.2, 0.25) is 0 Å². The van der Waals surface area contributed by atoms with Gasteiger partial charge in [0.05, 0.1) is 12.7 Å². The van der Waals surface area contributed by atoms with E-state index in [2.05, 4.69) is 6.07 Å². The third-order valence-corrected chi connectivity index (χ3v) is 4.28. The van der Waals surface area contributed by atoms with Crippen LogP contribution in [-0.2, 0) is 14.9 Å². The molecule has 1 atom stereocenters. The number of ether oxygens (including phenoxy) is 1. The lowest BCUT2D eigenvalue weighted by atomic mass is 9.64. The minimum Gasteiger partial charge on any atom is -0.465 e. The van der Waals surface area contributed by atoms with Crippen molar-refractivity contribution in [1.29, 1.82) is 5.26 Å². The Morgan fingerprint density at radius 1 is 1.04 bits per heavy atom. The van der Waals surface area contributed by atoms with Crippen LogP contribution in [0.15, 0.2) is 60.7 Å². The molecule has 0 N–H and O–H groups in total. The number of esters is 1. The van der Waals surface area contributed by atoms with Gasteiger partial charge >= 0.3 is 5.97 Å². The van der Waals surface area contributed by atoms with Gasteiger partial charge in [-0.3, -0.25) is 4.79 Å². The standard InChI is InChI=1S/C20H21NO2/c1-3-20(16-11-7-5-8-12-16,17-13-9-6-10-14-17)18(15-21)19(22)23-4-2/h5-14,18H,3-4H2,1-2H3/t18-/m0/s1. The van der Waals surface area contributed by atoms with Crippen LogP contribution in [0.4, 0.5) is 0 Å². The molecular weight excluding hydrogens is 286 g/mol. The molecule has 2 rings (SSSR count). The monoisotopic (exact) mass is 307 g/mol. The van der Waals surface area contributed by atoms with Gasteiger partial charge in [0, 0.05) is 5.41 Å². The molecule has 2 aromatic rings. The van der Waals surface area contributed by atoms with Crippen molar-refractivity contribution in [3.05, 3.63) is 71.8 Å². The second-order valence-corrected chi connectivity index (χ2v) is 5.37. The zero-order valence-electron chi connectivity index (χ0n) is 13.5. The molecular formula is C20H21NO2. The smallest absolute Gasteiger partial charge is 0.324 e. The first-order valence-corrected chi connectivity index (χ1v) is 7.88. The van der Waals surface area contributed by atoms with Gasteiger partial charge in [0.25, 0.3) is 0 Å². The van der Waals surface area contributed by atoms with Crippen molar-refractivity contribution >= 4 is 5.97 Å². The number of nitrogens with zero attached hydrogens (tertiary/aromatic N) is 1. The highest BCUT2D eigenvalue weighted by molar-refractivity contribution is 5.79. The van der Waals surface area contributed by atoms with E-state index in [9.17, 15) is 10.1 Å². The van der Waals surface area contributed by atoms with E-state index in [-0.39, 0.29) is 6.61 Å². The van der Waals surface area contributed by atoms with E-state index in [0.717, 1.165) is 11.1 Å². The fourth-order valence-corrected chi connectivity index (χ4v) is 3.17. The summed E-state index contributed by atoms with van der Waals surface area (Å²) in [6, 6.07) is 21.7. The SMILES string of the molecule is CCOC(=O)[C@H](C#N)C(CC)(c1ccccc1)c1ccccc1. The summed E-state index contributed by atoms with van der Waals surface area (Å²) in [6.07, 6.45) is 0.623. The molecule has 0 aromatic heterocycles. The van der Waals surface area contributed by atoms with Crippen molar-refractivity contribution in [2.24, 2.45) is 5.92 Å². The summed E-state index contributed by atoms with van der Waals surface area (Å²) in [7, 11) is 0. The average molecular weight is 307 g/mol. The first-order valence-electron chi connectivity index (χ1n) is 7.88. The Morgan fingerprint density at radius 3 is 1.87 bits per heavy atom. The van der Waals surface area contributed by atoms with Crippen molar-refractivity contribution in [3.63, 3.8) is 0 Å². The molecule has 0 bridgehead atoms. The van der Waals surface area contributed by atoms with Gasteiger partial charge in [-0.05, 0) is 24.5 Å². The molecule has 118 valence electrons. The summed E-state index contributed by atoms with van der Waals surface area (Å²) in [5, 5.41) is 9.76. The van der Waals surface area contributed by atoms with E-state index in [1.807, 2.05) is 67.6 Å². The maximum absolute atomic E-state index is 12.5. The summed E-state index contributed by atoms with van der Waals surface area (Å²) in [5.41, 5.74) is 1.19. The van der Waals surface area contributed by atoms with Crippen molar-refractivity contribution in [1.82, 2.24) is 0 Å². The van der Waals surface area contributed by atoms with Gasteiger partial charge in [-0.1, -0.05) is 67.6 Å². The summed E-state index contributed by atoms with van der Waals surface area (Å²) in [4.78, 5) is 12.5. The molecule has 0 radical (unpaired) electrons. The molecule has 0 amide bonds. The molecule has 0 aliphatic heterocycles. The maximum atomic E-state index is 12.5. The van der Waals surface area contributed by atoms with E-state index < -0.39 is 17.3 Å². The van der Waals surface area contributed by atoms with Crippen LogP contribution in [0.1, 0.15) is 31.4 Å².